The fourth-order valence-electron chi connectivity index (χ4n) is 1.54. The fourth-order valence-corrected chi connectivity index (χ4v) is 1.54. The number of aromatic nitrogens is 1. The highest BCUT2D eigenvalue weighted by Gasteiger charge is 2.24. The maximum Gasteiger partial charge on any atom is 0.328 e. The predicted molar refractivity (Wildman–Crippen MR) is 66.7 cm³/mol. The zero-order valence-corrected chi connectivity index (χ0v) is 10.7. The average Bonchev–Trinajstić information content (AvgIpc) is 2.31. The zero-order chi connectivity index (χ0) is 14.6. The summed E-state index contributed by atoms with van der Waals surface area (Å²) in [5.41, 5.74) is 0.169. The molecule has 0 aliphatic heterocycles. The van der Waals surface area contributed by atoms with E-state index < -0.39 is 24.0 Å². The summed E-state index contributed by atoms with van der Waals surface area (Å²) in [7, 11) is 0. The largest absolute Gasteiger partial charge is 0.480 e. The number of aliphatic hydroxyl groups excluding tert-OH is 1. The van der Waals surface area contributed by atoms with Crippen LogP contribution in [0.2, 0.25) is 0 Å². The second kappa shape index (κ2) is 6.14. The number of carboxylic acids is 1. The van der Waals surface area contributed by atoms with Crippen LogP contribution in [0.3, 0.4) is 0 Å². The van der Waals surface area contributed by atoms with E-state index in [2.05, 4.69) is 5.32 Å². The fraction of sp³-hybridized carbons (Fsp3) is 0.417. The molecule has 7 heteroatoms. The molecular weight excluding hydrogens is 252 g/mol. The number of aliphatic hydroxyl groups is 1. The maximum atomic E-state index is 11.7. The summed E-state index contributed by atoms with van der Waals surface area (Å²) in [5.74, 6) is -1.99. The number of carboxylic acid groups (broad SMARTS) is 1. The average molecular weight is 268 g/mol. The number of hydrogen-bond acceptors (Lipinski definition) is 4. The lowest BCUT2D eigenvalue weighted by Gasteiger charge is -2.17. The lowest BCUT2D eigenvalue weighted by Crippen LogP contribution is -2.49. The highest BCUT2D eigenvalue weighted by atomic mass is 16.4. The van der Waals surface area contributed by atoms with Crippen LogP contribution >= 0.6 is 0 Å². The summed E-state index contributed by atoms with van der Waals surface area (Å²) in [5, 5.41) is 20.2. The Bertz CT molecular complexity index is 535. The molecular formula is C12H16N2O5. The van der Waals surface area contributed by atoms with Crippen molar-refractivity contribution in [2.45, 2.75) is 32.5 Å². The number of nitrogens with one attached hydrogen (secondary N) is 1. The molecule has 3 N–H and O–H groups in total. The zero-order valence-electron chi connectivity index (χ0n) is 10.7. The van der Waals surface area contributed by atoms with Gasteiger partial charge in [0.15, 0.2) is 6.04 Å². The molecule has 0 spiro atoms. The summed E-state index contributed by atoms with van der Waals surface area (Å²) in [6, 6.07) is 1.84. The van der Waals surface area contributed by atoms with Crippen molar-refractivity contribution in [3.63, 3.8) is 0 Å². The third-order valence-corrected chi connectivity index (χ3v) is 2.59. The van der Waals surface area contributed by atoms with Gasteiger partial charge in [-0.15, -0.1) is 0 Å². The summed E-state index contributed by atoms with van der Waals surface area (Å²) in [6.07, 6.45) is 0.211. The van der Waals surface area contributed by atoms with E-state index in [0.29, 0.717) is 5.56 Å². The van der Waals surface area contributed by atoms with Crippen LogP contribution in [0.25, 0.3) is 0 Å². The number of carbonyl (C=O) groups excluding carboxylic acids is 1. The van der Waals surface area contributed by atoms with Gasteiger partial charge in [0, 0.05) is 11.8 Å². The molecule has 1 heterocycles. The Morgan fingerprint density at radius 2 is 2.11 bits per heavy atom. The standard InChI is InChI=1S/C12H16N2O5/c1-7-4-3-5-14(11(7)17)6-9(16)13-10(8(2)15)12(18)19/h3-5,8,10,15H,6H2,1-2H3,(H,13,16)(H,18,19). The van der Waals surface area contributed by atoms with Crippen molar-refractivity contribution < 1.29 is 19.8 Å². The Kier molecular flexibility index (Phi) is 4.82. The van der Waals surface area contributed by atoms with Crippen molar-refractivity contribution in [1.29, 1.82) is 0 Å². The molecule has 1 aromatic heterocycles. The monoisotopic (exact) mass is 268 g/mol. The molecule has 0 bridgehead atoms. The van der Waals surface area contributed by atoms with E-state index in [1.54, 1.807) is 19.1 Å². The number of aliphatic carboxylic acids is 1. The molecule has 0 saturated heterocycles. The van der Waals surface area contributed by atoms with Crippen LogP contribution < -0.4 is 10.9 Å². The normalized spacial score (nSPS) is 13.6. The van der Waals surface area contributed by atoms with Gasteiger partial charge in [-0.25, -0.2) is 4.79 Å². The van der Waals surface area contributed by atoms with E-state index in [0.717, 1.165) is 0 Å². The summed E-state index contributed by atoms with van der Waals surface area (Å²) >= 11 is 0. The van der Waals surface area contributed by atoms with Gasteiger partial charge in [0.05, 0.1) is 6.10 Å². The third-order valence-electron chi connectivity index (χ3n) is 2.59. The van der Waals surface area contributed by atoms with Crippen molar-refractivity contribution in [2.75, 3.05) is 0 Å². The Morgan fingerprint density at radius 1 is 1.47 bits per heavy atom. The first-order valence-corrected chi connectivity index (χ1v) is 5.69. The molecule has 2 atom stereocenters. The van der Waals surface area contributed by atoms with Crippen molar-refractivity contribution >= 4 is 11.9 Å². The third kappa shape index (κ3) is 3.92. The van der Waals surface area contributed by atoms with Crippen LogP contribution in [0.15, 0.2) is 23.1 Å². The highest BCUT2D eigenvalue weighted by Crippen LogP contribution is 1.94. The molecule has 19 heavy (non-hydrogen) atoms. The molecule has 0 aliphatic carbocycles. The van der Waals surface area contributed by atoms with E-state index in [4.69, 9.17) is 5.11 Å². The molecule has 0 aliphatic rings. The summed E-state index contributed by atoms with van der Waals surface area (Å²) in [4.78, 5) is 34.1. The second-order valence-electron chi connectivity index (χ2n) is 4.25. The van der Waals surface area contributed by atoms with Gasteiger partial charge < -0.3 is 20.1 Å². The highest BCUT2D eigenvalue weighted by molar-refractivity contribution is 5.83. The number of carbonyl (C=O) groups is 2. The number of hydrogen-bond donors (Lipinski definition) is 3. The first-order chi connectivity index (χ1) is 8.82. The van der Waals surface area contributed by atoms with Gasteiger partial charge in [-0.2, -0.15) is 0 Å². The SMILES string of the molecule is Cc1cccn(CC(=O)NC(C(=O)O)C(C)O)c1=O. The van der Waals surface area contributed by atoms with Gasteiger partial charge in [-0.1, -0.05) is 6.07 Å². The Balaban J connectivity index is 2.78. The van der Waals surface area contributed by atoms with Crippen molar-refractivity contribution in [1.82, 2.24) is 9.88 Å². The van der Waals surface area contributed by atoms with Crippen LogP contribution in [0.5, 0.6) is 0 Å². The van der Waals surface area contributed by atoms with Crippen LogP contribution in [-0.2, 0) is 16.1 Å². The van der Waals surface area contributed by atoms with Crippen LogP contribution in [0, 0.1) is 6.92 Å². The lowest BCUT2D eigenvalue weighted by atomic mass is 10.2. The number of amides is 1. The van der Waals surface area contributed by atoms with Crippen LogP contribution in [0.4, 0.5) is 0 Å². The molecule has 7 nitrogen and oxygen atoms in total. The number of nitrogens with zero attached hydrogens (tertiary/aromatic N) is 1. The molecule has 2 unspecified atom stereocenters. The lowest BCUT2D eigenvalue weighted by molar-refractivity contribution is -0.144. The number of rotatable bonds is 5. The predicted octanol–water partition coefficient (Wildman–Crippen LogP) is -0.893. The Hall–Kier alpha value is -2.15. The molecule has 0 saturated carbocycles. The first kappa shape index (κ1) is 14.9. The topological polar surface area (TPSA) is 109 Å². The van der Waals surface area contributed by atoms with Gasteiger partial charge in [0.1, 0.15) is 6.54 Å². The minimum Gasteiger partial charge on any atom is -0.480 e. The van der Waals surface area contributed by atoms with E-state index in [-0.39, 0.29) is 12.1 Å². The Morgan fingerprint density at radius 3 is 2.63 bits per heavy atom. The second-order valence-corrected chi connectivity index (χ2v) is 4.25. The van der Waals surface area contributed by atoms with Gasteiger partial charge in [0.25, 0.3) is 5.56 Å². The van der Waals surface area contributed by atoms with Crippen molar-refractivity contribution in [2.24, 2.45) is 0 Å². The molecule has 1 rings (SSSR count). The number of pyridine rings is 1. The minimum absolute atomic E-state index is 0.295. The minimum atomic E-state index is -1.40. The molecule has 0 fully saturated rings. The molecule has 0 radical (unpaired) electrons. The van der Waals surface area contributed by atoms with Crippen LogP contribution in [-0.4, -0.2) is 38.8 Å². The van der Waals surface area contributed by atoms with Gasteiger partial charge in [0.2, 0.25) is 5.91 Å². The molecule has 1 aromatic rings. The quantitative estimate of drug-likeness (QED) is 0.641. The van der Waals surface area contributed by atoms with Gasteiger partial charge in [-0.05, 0) is 19.9 Å². The van der Waals surface area contributed by atoms with Crippen LogP contribution in [0.1, 0.15) is 12.5 Å². The molecule has 0 aromatic carbocycles. The maximum absolute atomic E-state index is 11.7. The number of aryl methyl sites for hydroxylation is 1. The summed E-state index contributed by atoms with van der Waals surface area (Å²) < 4.78 is 1.17. The van der Waals surface area contributed by atoms with Gasteiger partial charge >= 0.3 is 5.97 Å². The van der Waals surface area contributed by atoms with Crippen molar-refractivity contribution in [3.05, 3.63) is 34.2 Å². The van der Waals surface area contributed by atoms with E-state index >= 15 is 0 Å². The van der Waals surface area contributed by atoms with Crippen molar-refractivity contribution in [3.8, 4) is 0 Å². The van der Waals surface area contributed by atoms with E-state index in [1.165, 1.54) is 17.7 Å². The Labute approximate surface area is 109 Å². The molecule has 104 valence electrons. The first-order valence-electron chi connectivity index (χ1n) is 5.69. The van der Waals surface area contributed by atoms with E-state index in [9.17, 15) is 19.5 Å². The van der Waals surface area contributed by atoms with E-state index in [1.807, 2.05) is 0 Å². The van der Waals surface area contributed by atoms with Gasteiger partial charge in [-0.3, -0.25) is 9.59 Å². The molecule has 1 amide bonds. The summed E-state index contributed by atoms with van der Waals surface area (Å²) in [6.45, 7) is 2.58. The smallest absolute Gasteiger partial charge is 0.328 e.